The highest BCUT2D eigenvalue weighted by Crippen LogP contribution is 2.29. The first-order valence-corrected chi connectivity index (χ1v) is 12.5. The van der Waals surface area contributed by atoms with Gasteiger partial charge in [-0.3, -0.25) is 19.2 Å². The second-order valence-corrected chi connectivity index (χ2v) is 9.24. The van der Waals surface area contributed by atoms with Crippen molar-refractivity contribution in [1.29, 1.82) is 0 Å². The molecular weight excluding hydrogens is 472 g/mol. The van der Waals surface area contributed by atoms with Crippen LogP contribution in [0.3, 0.4) is 0 Å². The van der Waals surface area contributed by atoms with Crippen molar-refractivity contribution in [3.63, 3.8) is 0 Å². The van der Waals surface area contributed by atoms with Crippen LogP contribution in [-0.2, 0) is 14.4 Å². The van der Waals surface area contributed by atoms with E-state index in [1.54, 1.807) is 54.7 Å². The van der Waals surface area contributed by atoms with Crippen molar-refractivity contribution in [3.05, 3.63) is 102 Å². The summed E-state index contributed by atoms with van der Waals surface area (Å²) < 4.78 is 0. The maximum atomic E-state index is 12.2. The average molecular weight is 493 g/mol. The van der Waals surface area contributed by atoms with Gasteiger partial charge in [0, 0.05) is 35.2 Å². The molecule has 0 atom stereocenters. The number of hydrogen-bond acceptors (Lipinski definition) is 7. The third-order valence-electron chi connectivity index (χ3n) is 4.41. The summed E-state index contributed by atoms with van der Waals surface area (Å²) in [7, 11) is 3.01. The first-order chi connectivity index (χ1) is 16.5. The molecule has 2 heterocycles. The molecule has 1 aromatic heterocycles. The maximum Gasteiger partial charge on any atom is 0.304 e. The Bertz CT molecular complexity index is 1160. The van der Waals surface area contributed by atoms with E-state index in [2.05, 4.69) is 4.98 Å². The van der Waals surface area contributed by atoms with Crippen LogP contribution in [0, 0.1) is 0 Å². The van der Waals surface area contributed by atoms with E-state index >= 15 is 0 Å². The predicted octanol–water partition coefficient (Wildman–Crippen LogP) is 4.64. The van der Waals surface area contributed by atoms with Crippen molar-refractivity contribution in [2.24, 2.45) is 0 Å². The molecule has 1 aliphatic heterocycles. The average Bonchev–Trinajstić information content (AvgIpc) is 3.20. The molecule has 2 aromatic carbocycles. The van der Waals surface area contributed by atoms with Gasteiger partial charge in [0.1, 0.15) is 5.03 Å². The Labute approximate surface area is 204 Å². The second kappa shape index (κ2) is 12.5. The van der Waals surface area contributed by atoms with Crippen molar-refractivity contribution < 1.29 is 24.3 Å². The molecule has 4 rings (SSSR count). The molecule has 34 heavy (non-hydrogen) atoms. The SMILES string of the molecule is O=C(O)CCSSc1ccccn1.O=C(c1ccccc1)c1ccc(N2C(=O)C=CC2=O)cc1. The van der Waals surface area contributed by atoms with Crippen LogP contribution in [0.1, 0.15) is 22.3 Å². The Kier molecular flexibility index (Phi) is 9.19. The molecule has 0 aliphatic carbocycles. The molecule has 1 aliphatic rings. The van der Waals surface area contributed by atoms with Gasteiger partial charge in [-0.1, -0.05) is 47.2 Å². The summed E-state index contributed by atoms with van der Waals surface area (Å²) in [6.45, 7) is 0. The van der Waals surface area contributed by atoms with E-state index in [0.717, 1.165) is 9.93 Å². The lowest BCUT2D eigenvalue weighted by Gasteiger charge is -2.13. The molecule has 0 saturated carbocycles. The van der Waals surface area contributed by atoms with Crippen LogP contribution in [0.5, 0.6) is 0 Å². The zero-order valence-corrected chi connectivity index (χ0v) is 19.5. The fourth-order valence-electron chi connectivity index (χ4n) is 2.80. The molecule has 1 N–H and O–H groups in total. The number of carbonyl (C=O) groups is 4. The highest BCUT2D eigenvalue weighted by Gasteiger charge is 2.25. The van der Waals surface area contributed by atoms with Gasteiger partial charge in [0.25, 0.3) is 11.8 Å². The molecule has 9 heteroatoms. The highest BCUT2D eigenvalue weighted by atomic mass is 33.1. The summed E-state index contributed by atoms with van der Waals surface area (Å²) in [6.07, 6.45) is 4.38. The zero-order chi connectivity index (χ0) is 24.3. The predicted molar refractivity (Wildman–Crippen MR) is 133 cm³/mol. The van der Waals surface area contributed by atoms with Gasteiger partial charge < -0.3 is 5.11 Å². The topological polar surface area (TPSA) is 105 Å². The summed E-state index contributed by atoms with van der Waals surface area (Å²) >= 11 is 0. The Morgan fingerprint density at radius 3 is 2.03 bits per heavy atom. The molecule has 0 unspecified atom stereocenters. The lowest BCUT2D eigenvalue weighted by atomic mass is 10.0. The quantitative estimate of drug-likeness (QED) is 0.210. The van der Waals surface area contributed by atoms with Gasteiger partial charge >= 0.3 is 5.97 Å². The van der Waals surface area contributed by atoms with Crippen LogP contribution in [0.4, 0.5) is 5.69 Å². The molecule has 2 amide bonds. The molecule has 0 saturated heterocycles. The minimum atomic E-state index is -0.755. The smallest absolute Gasteiger partial charge is 0.304 e. The summed E-state index contributed by atoms with van der Waals surface area (Å²) in [4.78, 5) is 50.7. The number of carboxylic acids is 1. The minimum absolute atomic E-state index is 0.0978. The van der Waals surface area contributed by atoms with Crippen molar-refractivity contribution in [1.82, 2.24) is 4.98 Å². The lowest BCUT2D eigenvalue weighted by Crippen LogP contribution is -2.29. The monoisotopic (exact) mass is 492 g/mol. The van der Waals surface area contributed by atoms with Crippen molar-refractivity contribution in [3.8, 4) is 0 Å². The standard InChI is InChI=1S/C17H11NO3.C8H9NO2S2/c19-15-10-11-16(20)18(15)14-8-6-13(7-9-14)17(21)12-4-2-1-3-5-12;10-8(11)4-6-12-13-7-3-1-2-5-9-7/h1-11H;1-3,5H,4,6H2,(H,10,11). The Morgan fingerprint density at radius 1 is 0.824 bits per heavy atom. The molecule has 0 bridgehead atoms. The van der Waals surface area contributed by atoms with Crippen LogP contribution in [0.25, 0.3) is 0 Å². The Morgan fingerprint density at radius 2 is 1.44 bits per heavy atom. The van der Waals surface area contributed by atoms with E-state index in [1.165, 1.54) is 33.7 Å². The summed E-state index contributed by atoms with van der Waals surface area (Å²) in [6, 6.07) is 21.0. The van der Waals surface area contributed by atoms with E-state index in [9.17, 15) is 19.2 Å². The van der Waals surface area contributed by atoms with Crippen molar-refractivity contribution >= 4 is 50.8 Å². The fraction of sp³-hybridized carbons (Fsp3) is 0.0800. The van der Waals surface area contributed by atoms with Crippen LogP contribution < -0.4 is 4.90 Å². The number of rotatable bonds is 8. The normalized spacial score (nSPS) is 12.3. The number of aliphatic carboxylic acids is 1. The number of ketones is 1. The van der Waals surface area contributed by atoms with Gasteiger partial charge in [-0.2, -0.15) is 0 Å². The number of pyridine rings is 1. The zero-order valence-electron chi connectivity index (χ0n) is 17.9. The highest BCUT2D eigenvalue weighted by molar-refractivity contribution is 8.76. The van der Waals surface area contributed by atoms with Crippen molar-refractivity contribution in [2.45, 2.75) is 11.4 Å². The molecule has 0 fully saturated rings. The van der Waals surface area contributed by atoms with E-state index in [4.69, 9.17) is 5.11 Å². The lowest BCUT2D eigenvalue weighted by molar-refractivity contribution is -0.136. The first-order valence-electron chi connectivity index (χ1n) is 10.1. The Hall–Kier alpha value is -3.69. The maximum absolute atomic E-state index is 12.2. The first kappa shape index (κ1) is 24.9. The van der Waals surface area contributed by atoms with Crippen molar-refractivity contribution in [2.75, 3.05) is 10.7 Å². The van der Waals surface area contributed by atoms with Gasteiger partial charge in [0.05, 0.1) is 12.1 Å². The molecule has 3 aromatic rings. The van der Waals surface area contributed by atoms with Gasteiger partial charge in [0.15, 0.2) is 5.78 Å². The number of nitrogens with zero attached hydrogens (tertiary/aromatic N) is 2. The van der Waals surface area contributed by atoms with Crippen LogP contribution in [0.2, 0.25) is 0 Å². The molecular formula is C25H20N2O5S2. The third-order valence-corrected chi connectivity index (χ3v) is 6.68. The number of carboxylic acid groups (broad SMARTS) is 1. The van der Waals surface area contributed by atoms with E-state index in [-0.39, 0.29) is 24.0 Å². The number of imide groups is 1. The number of hydrogen-bond donors (Lipinski definition) is 1. The van der Waals surface area contributed by atoms with E-state index < -0.39 is 5.97 Å². The number of benzene rings is 2. The molecule has 0 spiro atoms. The Balaban J connectivity index is 0.000000215. The van der Waals surface area contributed by atoms with E-state index in [1.807, 2.05) is 24.3 Å². The molecule has 7 nitrogen and oxygen atoms in total. The number of aromatic nitrogens is 1. The van der Waals surface area contributed by atoms with Gasteiger partial charge in [0.2, 0.25) is 0 Å². The van der Waals surface area contributed by atoms with Gasteiger partial charge in [-0.15, -0.1) is 0 Å². The number of amides is 2. The summed E-state index contributed by atoms with van der Waals surface area (Å²) in [5.41, 5.74) is 1.57. The van der Waals surface area contributed by atoms with Crippen LogP contribution in [0.15, 0.2) is 96.2 Å². The molecule has 0 radical (unpaired) electrons. The van der Waals surface area contributed by atoms with Crippen LogP contribution in [-0.4, -0.2) is 39.4 Å². The number of anilines is 1. The van der Waals surface area contributed by atoms with Gasteiger partial charge in [-0.05, 0) is 47.2 Å². The summed E-state index contributed by atoms with van der Waals surface area (Å²) in [5, 5.41) is 9.29. The molecule has 172 valence electrons. The van der Waals surface area contributed by atoms with E-state index in [0.29, 0.717) is 22.6 Å². The summed E-state index contributed by atoms with van der Waals surface area (Å²) in [5.74, 6) is -0.992. The number of carbonyl (C=O) groups excluding carboxylic acids is 3. The van der Waals surface area contributed by atoms with Crippen LogP contribution >= 0.6 is 21.6 Å². The van der Waals surface area contributed by atoms with Gasteiger partial charge in [-0.25, -0.2) is 9.88 Å². The minimum Gasteiger partial charge on any atom is -0.481 e. The fourth-order valence-corrected chi connectivity index (χ4v) is 4.66. The largest absolute Gasteiger partial charge is 0.481 e. The second-order valence-electron chi connectivity index (χ2n) is 6.80. The third kappa shape index (κ3) is 7.16.